The summed E-state index contributed by atoms with van der Waals surface area (Å²) in [5.41, 5.74) is 0. The molecule has 0 amide bonds. The van der Waals surface area contributed by atoms with Crippen LogP contribution in [0.15, 0.2) is 0 Å². The molecule has 0 aromatic heterocycles. The molecule has 1 unspecified atom stereocenters. The Balaban J connectivity index is 4.22. The van der Waals surface area contributed by atoms with Crippen molar-refractivity contribution in [1.82, 2.24) is 5.32 Å². The van der Waals surface area contributed by atoms with E-state index in [-0.39, 0.29) is 5.92 Å². The Morgan fingerprint density at radius 3 is 2.38 bits per heavy atom. The summed E-state index contributed by atoms with van der Waals surface area (Å²) in [6.45, 7) is 4.29. The molecule has 2 N–H and O–H groups in total. The van der Waals surface area contributed by atoms with E-state index in [0.29, 0.717) is 6.54 Å². The van der Waals surface area contributed by atoms with Gasteiger partial charge in [-0.1, -0.05) is 32.6 Å². The number of terminal acetylenes is 1. The van der Waals surface area contributed by atoms with Gasteiger partial charge in [-0.15, -0.1) is 6.42 Å². The highest BCUT2D eigenvalue weighted by atomic mass is 16.4. The minimum Gasteiger partial charge on any atom is -0.480 e. The van der Waals surface area contributed by atoms with Gasteiger partial charge < -0.3 is 5.11 Å². The molecule has 0 aromatic carbocycles. The van der Waals surface area contributed by atoms with Crippen LogP contribution in [-0.2, 0) is 4.79 Å². The second-order valence-corrected chi connectivity index (χ2v) is 2.98. The van der Waals surface area contributed by atoms with E-state index < -0.39 is 12.0 Å². The van der Waals surface area contributed by atoms with Gasteiger partial charge in [0.2, 0.25) is 0 Å². The Kier molecular flexibility index (Phi) is 5.99. The molecule has 1 atom stereocenters. The van der Waals surface area contributed by atoms with Crippen LogP contribution in [0.5, 0.6) is 0 Å². The fourth-order valence-electron chi connectivity index (χ4n) is 1.38. The van der Waals surface area contributed by atoms with Crippen molar-refractivity contribution in [3.63, 3.8) is 0 Å². The average Bonchev–Trinajstić information content (AvgIpc) is 2.11. The summed E-state index contributed by atoms with van der Waals surface area (Å²) in [5.74, 6) is 1.72. The Morgan fingerprint density at radius 2 is 2.08 bits per heavy atom. The van der Waals surface area contributed by atoms with Gasteiger partial charge in [-0.05, 0) is 5.92 Å². The first-order valence-corrected chi connectivity index (χ1v) is 4.56. The first-order chi connectivity index (χ1) is 6.17. The van der Waals surface area contributed by atoms with E-state index in [1.54, 1.807) is 0 Å². The van der Waals surface area contributed by atoms with Crippen LogP contribution in [0.3, 0.4) is 0 Å². The van der Waals surface area contributed by atoms with Gasteiger partial charge in [0.15, 0.2) is 0 Å². The molecule has 0 spiro atoms. The molecule has 13 heavy (non-hydrogen) atoms. The zero-order valence-corrected chi connectivity index (χ0v) is 8.21. The van der Waals surface area contributed by atoms with Crippen molar-refractivity contribution in [2.45, 2.75) is 32.7 Å². The van der Waals surface area contributed by atoms with Crippen LogP contribution in [0.1, 0.15) is 26.7 Å². The molecule has 0 aliphatic heterocycles. The third kappa shape index (κ3) is 3.95. The van der Waals surface area contributed by atoms with Crippen LogP contribution < -0.4 is 5.32 Å². The summed E-state index contributed by atoms with van der Waals surface area (Å²) in [4.78, 5) is 10.8. The molecular formula is C10H17NO2. The van der Waals surface area contributed by atoms with Crippen LogP contribution >= 0.6 is 0 Å². The third-order valence-electron chi connectivity index (χ3n) is 2.21. The zero-order valence-electron chi connectivity index (χ0n) is 8.21. The van der Waals surface area contributed by atoms with E-state index in [1.807, 2.05) is 13.8 Å². The van der Waals surface area contributed by atoms with E-state index >= 15 is 0 Å². The van der Waals surface area contributed by atoms with Crippen LogP contribution in [0.2, 0.25) is 0 Å². The molecule has 0 saturated heterocycles. The number of hydrogen-bond acceptors (Lipinski definition) is 2. The number of carbonyl (C=O) groups is 1. The predicted molar refractivity (Wildman–Crippen MR) is 52.3 cm³/mol. The van der Waals surface area contributed by atoms with Crippen molar-refractivity contribution < 1.29 is 9.90 Å². The number of aliphatic carboxylic acids is 1. The van der Waals surface area contributed by atoms with Crippen molar-refractivity contribution in [2.75, 3.05) is 6.54 Å². The van der Waals surface area contributed by atoms with E-state index in [1.165, 1.54) is 0 Å². The fourth-order valence-corrected chi connectivity index (χ4v) is 1.38. The van der Waals surface area contributed by atoms with Gasteiger partial charge in [-0.25, -0.2) is 0 Å². The zero-order chi connectivity index (χ0) is 10.3. The lowest BCUT2D eigenvalue weighted by molar-refractivity contribution is -0.141. The molecule has 0 fully saturated rings. The van der Waals surface area contributed by atoms with Crippen molar-refractivity contribution >= 4 is 5.97 Å². The minimum atomic E-state index is -0.816. The van der Waals surface area contributed by atoms with Crippen molar-refractivity contribution in [2.24, 2.45) is 5.92 Å². The molecule has 0 radical (unpaired) electrons. The Labute approximate surface area is 79.5 Å². The predicted octanol–water partition coefficient (Wildman–Crippen LogP) is 1.10. The lowest BCUT2D eigenvalue weighted by atomic mass is 9.94. The second kappa shape index (κ2) is 6.50. The standard InChI is InChI=1S/C10H17NO2/c1-4-7-11-9(10(12)13)8(5-2)6-3/h1,8-9,11H,5-7H2,2-3H3,(H,12,13). The third-order valence-corrected chi connectivity index (χ3v) is 2.21. The van der Waals surface area contributed by atoms with Crippen molar-refractivity contribution in [3.8, 4) is 12.3 Å². The van der Waals surface area contributed by atoms with E-state index in [2.05, 4.69) is 11.2 Å². The molecule has 0 heterocycles. The summed E-state index contributed by atoms with van der Waals surface area (Å²) in [6.07, 6.45) is 6.76. The quantitative estimate of drug-likeness (QED) is 0.606. The molecular weight excluding hydrogens is 166 g/mol. The molecule has 0 saturated carbocycles. The van der Waals surface area contributed by atoms with Crippen LogP contribution in [0.25, 0.3) is 0 Å². The number of carboxylic acids is 1. The molecule has 0 bridgehead atoms. The van der Waals surface area contributed by atoms with Gasteiger partial charge in [-0.2, -0.15) is 0 Å². The van der Waals surface area contributed by atoms with E-state index in [4.69, 9.17) is 11.5 Å². The maximum Gasteiger partial charge on any atom is 0.321 e. The number of nitrogens with one attached hydrogen (secondary N) is 1. The highest BCUT2D eigenvalue weighted by molar-refractivity contribution is 5.73. The maximum atomic E-state index is 10.8. The molecule has 0 aromatic rings. The minimum absolute atomic E-state index is 0.158. The van der Waals surface area contributed by atoms with Crippen molar-refractivity contribution in [1.29, 1.82) is 0 Å². The molecule has 0 aliphatic carbocycles. The summed E-state index contributed by atoms with van der Waals surface area (Å²) >= 11 is 0. The van der Waals surface area contributed by atoms with Gasteiger partial charge >= 0.3 is 5.97 Å². The first kappa shape index (κ1) is 12.0. The number of carboxylic acid groups (broad SMARTS) is 1. The molecule has 0 rings (SSSR count). The van der Waals surface area contributed by atoms with Gasteiger partial charge in [0.1, 0.15) is 6.04 Å². The number of rotatable bonds is 6. The molecule has 74 valence electrons. The van der Waals surface area contributed by atoms with E-state index in [9.17, 15) is 4.79 Å². The van der Waals surface area contributed by atoms with Gasteiger partial charge in [0.25, 0.3) is 0 Å². The normalized spacial score (nSPS) is 12.5. The maximum absolute atomic E-state index is 10.8. The van der Waals surface area contributed by atoms with Gasteiger partial charge in [0, 0.05) is 0 Å². The Hall–Kier alpha value is -1.01. The van der Waals surface area contributed by atoms with Gasteiger partial charge in [-0.3, -0.25) is 10.1 Å². The average molecular weight is 183 g/mol. The van der Waals surface area contributed by atoms with Crippen LogP contribution in [-0.4, -0.2) is 23.7 Å². The monoisotopic (exact) mass is 183 g/mol. The largest absolute Gasteiger partial charge is 0.480 e. The molecule has 3 heteroatoms. The first-order valence-electron chi connectivity index (χ1n) is 4.56. The fraction of sp³-hybridized carbons (Fsp3) is 0.700. The van der Waals surface area contributed by atoms with Crippen molar-refractivity contribution in [3.05, 3.63) is 0 Å². The van der Waals surface area contributed by atoms with E-state index in [0.717, 1.165) is 12.8 Å². The summed E-state index contributed by atoms with van der Waals surface area (Å²) in [7, 11) is 0. The molecule has 0 aliphatic rings. The van der Waals surface area contributed by atoms with Gasteiger partial charge in [0.05, 0.1) is 6.54 Å². The van der Waals surface area contributed by atoms with Crippen LogP contribution in [0.4, 0.5) is 0 Å². The Bertz CT molecular complexity index is 192. The highest BCUT2D eigenvalue weighted by Crippen LogP contribution is 2.13. The summed E-state index contributed by atoms with van der Waals surface area (Å²) in [6, 6.07) is -0.508. The lowest BCUT2D eigenvalue weighted by Crippen LogP contribution is -2.42. The molecule has 3 nitrogen and oxygen atoms in total. The summed E-state index contributed by atoms with van der Waals surface area (Å²) < 4.78 is 0. The Morgan fingerprint density at radius 1 is 1.54 bits per heavy atom. The van der Waals surface area contributed by atoms with Crippen LogP contribution in [0, 0.1) is 18.3 Å². The highest BCUT2D eigenvalue weighted by Gasteiger charge is 2.24. The number of hydrogen-bond donors (Lipinski definition) is 2. The SMILES string of the molecule is C#CCNC(C(=O)O)C(CC)CC. The smallest absolute Gasteiger partial charge is 0.321 e. The lowest BCUT2D eigenvalue weighted by Gasteiger charge is -2.21. The topological polar surface area (TPSA) is 49.3 Å². The summed E-state index contributed by atoms with van der Waals surface area (Å²) in [5, 5.41) is 11.7. The second-order valence-electron chi connectivity index (χ2n) is 2.98.